The summed E-state index contributed by atoms with van der Waals surface area (Å²) < 4.78 is 0. The zero-order valence-corrected chi connectivity index (χ0v) is 8.97. The van der Waals surface area contributed by atoms with Gasteiger partial charge in [-0.1, -0.05) is 17.7 Å². The molecule has 0 heterocycles. The van der Waals surface area contributed by atoms with Gasteiger partial charge in [-0.05, 0) is 25.5 Å². The molecule has 1 aromatic carbocycles. The number of hydrogen-bond acceptors (Lipinski definition) is 3. The lowest BCUT2D eigenvalue weighted by atomic mass is 9.91. The van der Waals surface area contributed by atoms with Crippen LogP contribution < -0.4 is 5.73 Å². The Morgan fingerprint density at radius 2 is 2.07 bits per heavy atom. The fraction of sp³-hybridized carbons (Fsp3) is 0.400. The van der Waals surface area contributed by atoms with Crippen LogP contribution in [-0.4, -0.2) is 16.8 Å². The van der Waals surface area contributed by atoms with Crippen LogP contribution in [0.1, 0.15) is 18.1 Å². The molecular formula is C10H14ClNO2. The maximum atomic E-state index is 9.77. The first-order chi connectivity index (χ1) is 6.40. The Bertz CT molecular complexity index is 350. The minimum atomic E-state index is -1.02. The topological polar surface area (TPSA) is 66.5 Å². The van der Waals surface area contributed by atoms with Gasteiger partial charge in [-0.25, -0.2) is 0 Å². The van der Waals surface area contributed by atoms with Gasteiger partial charge in [-0.3, -0.25) is 0 Å². The Labute approximate surface area is 88.1 Å². The summed E-state index contributed by atoms with van der Waals surface area (Å²) in [5.74, 6) is 0.0524. The Kier molecular flexibility index (Phi) is 3.04. The summed E-state index contributed by atoms with van der Waals surface area (Å²) in [4.78, 5) is 0. The molecule has 0 aliphatic carbocycles. The van der Waals surface area contributed by atoms with Gasteiger partial charge in [0.05, 0.1) is 12.1 Å². The van der Waals surface area contributed by atoms with Crippen LogP contribution in [0, 0.1) is 6.92 Å². The number of aromatic hydroxyl groups is 1. The number of aliphatic hydroxyl groups is 1. The molecule has 3 nitrogen and oxygen atoms in total. The van der Waals surface area contributed by atoms with Crippen LogP contribution >= 0.6 is 11.6 Å². The molecule has 4 N–H and O–H groups in total. The second kappa shape index (κ2) is 3.77. The van der Waals surface area contributed by atoms with Crippen LogP contribution in [0.4, 0.5) is 0 Å². The summed E-state index contributed by atoms with van der Waals surface area (Å²) in [5.41, 5.74) is 5.87. The second-order valence-electron chi connectivity index (χ2n) is 3.66. The van der Waals surface area contributed by atoms with Crippen molar-refractivity contribution in [1.29, 1.82) is 0 Å². The molecule has 0 aromatic heterocycles. The van der Waals surface area contributed by atoms with E-state index in [0.717, 1.165) is 0 Å². The molecule has 0 saturated heterocycles. The van der Waals surface area contributed by atoms with Crippen LogP contribution in [0.25, 0.3) is 0 Å². The van der Waals surface area contributed by atoms with E-state index < -0.39 is 5.54 Å². The molecule has 0 amide bonds. The Morgan fingerprint density at radius 1 is 1.50 bits per heavy atom. The third kappa shape index (κ3) is 1.85. The van der Waals surface area contributed by atoms with Crippen molar-refractivity contribution in [3.05, 3.63) is 28.3 Å². The summed E-state index contributed by atoms with van der Waals surface area (Å²) in [7, 11) is 0. The summed E-state index contributed by atoms with van der Waals surface area (Å²) in [6.45, 7) is 3.10. The summed E-state index contributed by atoms with van der Waals surface area (Å²) in [5, 5.41) is 19.2. The van der Waals surface area contributed by atoms with Crippen molar-refractivity contribution in [3.8, 4) is 5.75 Å². The van der Waals surface area contributed by atoms with Crippen molar-refractivity contribution < 1.29 is 10.2 Å². The number of nitrogens with two attached hydrogens (primary N) is 1. The van der Waals surface area contributed by atoms with Crippen LogP contribution in [0.5, 0.6) is 5.75 Å². The number of aryl methyl sites for hydroxylation is 1. The quantitative estimate of drug-likeness (QED) is 0.701. The monoisotopic (exact) mass is 215 g/mol. The van der Waals surface area contributed by atoms with Crippen molar-refractivity contribution in [1.82, 2.24) is 0 Å². The van der Waals surface area contributed by atoms with Gasteiger partial charge in [0.1, 0.15) is 5.75 Å². The second-order valence-corrected chi connectivity index (χ2v) is 4.07. The third-order valence-corrected chi connectivity index (χ3v) is 2.54. The zero-order chi connectivity index (χ0) is 10.9. The lowest BCUT2D eigenvalue weighted by Crippen LogP contribution is -2.37. The Morgan fingerprint density at radius 3 is 2.57 bits per heavy atom. The van der Waals surface area contributed by atoms with E-state index in [0.29, 0.717) is 16.1 Å². The highest BCUT2D eigenvalue weighted by atomic mass is 35.5. The number of aliphatic hydroxyl groups excluding tert-OH is 1. The van der Waals surface area contributed by atoms with E-state index in [-0.39, 0.29) is 12.4 Å². The number of phenolic OH excluding ortho intramolecular Hbond substituents is 1. The van der Waals surface area contributed by atoms with Gasteiger partial charge in [0.15, 0.2) is 0 Å². The molecule has 1 atom stereocenters. The number of rotatable bonds is 2. The molecule has 4 heteroatoms. The maximum Gasteiger partial charge on any atom is 0.125 e. The fourth-order valence-electron chi connectivity index (χ4n) is 1.29. The third-order valence-electron chi connectivity index (χ3n) is 2.23. The van der Waals surface area contributed by atoms with Crippen molar-refractivity contribution in [2.45, 2.75) is 19.4 Å². The smallest absolute Gasteiger partial charge is 0.125 e. The molecule has 14 heavy (non-hydrogen) atoms. The summed E-state index contributed by atoms with van der Waals surface area (Å²) in [6.07, 6.45) is 0. The van der Waals surface area contributed by atoms with Crippen molar-refractivity contribution >= 4 is 11.6 Å². The molecule has 0 saturated carbocycles. The number of benzene rings is 1. The molecule has 0 aliphatic rings. The lowest BCUT2D eigenvalue weighted by molar-refractivity contribution is 0.207. The Balaban J connectivity index is 3.40. The van der Waals surface area contributed by atoms with Crippen LogP contribution in [0.2, 0.25) is 5.02 Å². The zero-order valence-electron chi connectivity index (χ0n) is 8.21. The molecular weight excluding hydrogens is 202 g/mol. The maximum absolute atomic E-state index is 9.77. The van der Waals surface area contributed by atoms with E-state index in [2.05, 4.69) is 0 Å². The van der Waals surface area contributed by atoms with Gasteiger partial charge < -0.3 is 15.9 Å². The van der Waals surface area contributed by atoms with E-state index in [1.54, 1.807) is 26.0 Å². The van der Waals surface area contributed by atoms with E-state index in [4.69, 9.17) is 22.4 Å². The predicted octanol–water partition coefficient (Wildman–Crippen LogP) is 1.52. The lowest BCUT2D eigenvalue weighted by Gasteiger charge is -2.25. The number of phenols is 1. The first-order valence-corrected chi connectivity index (χ1v) is 4.66. The highest BCUT2D eigenvalue weighted by Gasteiger charge is 2.27. The average Bonchev–Trinajstić information content (AvgIpc) is 2.12. The summed E-state index contributed by atoms with van der Waals surface area (Å²) >= 11 is 5.91. The Hall–Kier alpha value is -0.770. The van der Waals surface area contributed by atoms with Crippen molar-refractivity contribution in [2.75, 3.05) is 6.61 Å². The molecule has 0 spiro atoms. The van der Waals surface area contributed by atoms with Gasteiger partial charge in [0, 0.05) is 10.6 Å². The van der Waals surface area contributed by atoms with Crippen molar-refractivity contribution in [2.24, 2.45) is 5.73 Å². The molecule has 0 fully saturated rings. The molecule has 0 radical (unpaired) electrons. The van der Waals surface area contributed by atoms with E-state index >= 15 is 0 Å². The minimum Gasteiger partial charge on any atom is -0.507 e. The number of halogens is 1. The van der Waals surface area contributed by atoms with Crippen LogP contribution in [0.3, 0.4) is 0 Å². The van der Waals surface area contributed by atoms with Gasteiger partial charge >= 0.3 is 0 Å². The molecule has 0 bridgehead atoms. The largest absolute Gasteiger partial charge is 0.507 e. The predicted molar refractivity (Wildman–Crippen MR) is 56.5 cm³/mol. The van der Waals surface area contributed by atoms with E-state index in [1.165, 1.54) is 0 Å². The molecule has 1 aromatic rings. The SMILES string of the molecule is Cc1ccc(Cl)c([C@@](C)(N)CO)c1O. The molecule has 0 unspecified atom stereocenters. The van der Waals surface area contributed by atoms with Gasteiger partial charge in [-0.15, -0.1) is 0 Å². The van der Waals surface area contributed by atoms with Gasteiger partial charge in [0.2, 0.25) is 0 Å². The first-order valence-electron chi connectivity index (χ1n) is 4.28. The summed E-state index contributed by atoms with van der Waals surface area (Å²) in [6, 6.07) is 3.36. The first kappa shape index (κ1) is 11.3. The van der Waals surface area contributed by atoms with E-state index in [9.17, 15) is 5.11 Å². The van der Waals surface area contributed by atoms with Gasteiger partial charge in [-0.2, -0.15) is 0 Å². The highest BCUT2D eigenvalue weighted by molar-refractivity contribution is 6.31. The average molecular weight is 216 g/mol. The molecule has 0 aliphatic heterocycles. The van der Waals surface area contributed by atoms with Crippen LogP contribution in [0.15, 0.2) is 12.1 Å². The van der Waals surface area contributed by atoms with Crippen LogP contribution in [-0.2, 0) is 5.54 Å². The standard InChI is InChI=1S/C10H14ClNO2/c1-6-3-4-7(11)8(9(6)14)10(2,12)5-13/h3-4,13-14H,5,12H2,1-2H3/t10-/m0/s1. The van der Waals surface area contributed by atoms with Crippen molar-refractivity contribution in [3.63, 3.8) is 0 Å². The number of hydrogen-bond donors (Lipinski definition) is 3. The normalized spacial score (nSPS) is 15.2. The molecule has 1 rings (SSSR count). The minimum absolute atomic E-state index is 0.0524. The fourth-order valence-corrected chi connectivity index (χ4v) is 1.66. The van der Waals surface area contributed by atoms with E-state index in [1.807, 2.05) is 0 Å². The highest BCUT2D eigenvalue weighted by Crippen LogP contribution is 2.35. The molecule has 78 valence electrons. The van der Waals surface area contributed by atoms with Gasteiger partial charge in [0.25, 0.3) is 0 Å².